The minimum absolute atomic E-state index is 0.173. The average molecular weight is 252 g/mol. The molecule has 0 unspecified atom stereocenters. The summed E-state index contributed by atoms with van der Waals surface area (Å²) in [6, 6.07) is 14.6. The Bertz CT molecular complexity index is 751. The fourth-order valence-corrected chi connectivity index (χ4v) is 1.91. The predicted molar refractivity (Wildman–Crippen MR) is 72.7 cm³/mol. The van der Waals surface area contributed by atoms with Gasteiger partial charge in [-0.2, -0.15) is 0 Å². The lowest BCUT2D eigenvalue weighted by molar-refractivity contribution is 0.0992. The summed E-state index contributed by atoms with van der Waals surface area (Å²) in [5.74, 6) is 0. The highest BCUT2D eigenvalue weighted by atomic mass is 16.7. The molecule has 4 nitrogen and oxygen atoms in total. The molecule has 2 heterocycles. The van der Waals surface area contributed by atoms with Crippen LogP contribution >= 0.6 is 0 Å². The van der Waals surface area contributed by atoms with Crippen molar-refractivity contribution in [3.05, 3.63) is 76.8 Å². The van der Waals surface area contributed by atoms with Gasteiger partial charge in [-0.3, -0.25) is 9.78 Å². The van der Waals surface area contributed by atoms with Gasteiger partial charge in [-0.1, -0.05) is 18.2 Å². The number of fused-ring (bicyclic) bond motifs is 1. The monoisotopic (exact) mass is 252 g/mol. The fraction of sp³-hybridized carbons (Fsp3) is 0.0667. The molecule has 0 aliphatic rings. The zero-order valence-corrected chi connectivity index (χ0v) is 10.2. The van der Waals surface area contributed by atoms with E-state index in [0.29, 0.717) is 6.61 Å². The number of hydrogen-bond acceptors (Lipinski definition) is 3. The molecule has 0 N–H and O–H groups in total. The summed E-state index contributed by atoms with van der Waals surface area (Å²) < 4.78 is 1.33. The van der Waals surface area contributed by atoms with Crippen LogP contribution in [0.1, 0.15) is 5.56 Å². The van der Waals surface area contributed by atoms with Gasteiger partial charge in [-0.15, -0.1) is 4.73 Å². The van der Waals surface area contributed by atoms with Gasteiger partial charge in [0.25, 0.3) is 5.56 Å². The van der Waals surface area contributed by atoms with Gasteiger partial charge in [0.1, 0.15) is 6.61 Å². The van der Waals surface area contributed by atoms with Crippen molar-refractivity contribution in [1.29, 1.82) is 0 Å². The first-order valence-electron chi connectivity index (χ1n) is 5.97. The summed E-state index contributed by atoms with van der Waals surface area (Å²) >= 11 is 0. The Morgan fingerprint density at radius 1 is 1.00 bits per heavy atom. The van der Waals surface area contributed by atoms with Crippen molar-refractivity contribution in [2.75, 3.05) is 0 Å². The molecule has 0 aliphatic heterocycles. The van der Waals surface area contributed by atoms with Crippen molar-refractivity contribution >= 4 is 10.9 Å². The fourth-order valence-electron chi connectivity index (χ4n) is 1.91. The van der Waals surface area contributed by atoms with Crippen LogP contribution in [-0.2, 0) is 6.61 Å². The summed E-state index contributed by atoms with van der Waals surface area (Å²) in [6.07, 6.45) is 3.40. The summed E-state index contributed by atoms with van der Waals surface area (Å²) in [5.41, 5.74) is 1.56. The van der Waals surface area contributed by atoms with Crippen LogP contribution in [0.15, 0.2) is 65.7 Å². The van der Waals surface area contributed by atoms with Gasteiger partial charge in [0.05, 0.1) is 5.52 Å². The van der Waals surface area contributed by atoms with E-state index in [1.165, 1.54) is 10.8 Å². The van der Waals surface area contributed by atoms with Gasteiger partial charge in [-0.05, 0) is 29.8 Å². The molecule has 0 atom stereocenters. The van der Waals surface area contributed by atoms with Crippen LogP contribution in [0.3, 0.4) is 0 Å². The summed E-state index contributed by atoms with van der Waals surface area (Å²) in [7, 11) is 0. The second-order valence-corrected chi connectivity index (χ2v) is 4.15. The second-order valence-electron chi connectivity index (χ2n) is 4.15. The molecule has 94 valence electrons. The van der Waals surface area contributed by atoms with Crippen molar-refractivity contribution in [1.82, 2.24) is 9.71 Å². The molecule has 0 saturated heterocycles. The molecule has 0 amide bonds. The topological polar surface area (TPSA) is 44.1 Å². The van der Waals surface area contributed by atoms with Crippen molar-refractivity contribution in [3.63, 3.8) is 0 Å². The quantitative estimate of drug-likeness (QED) is 0.716. The molecule has 1 aromatic carbocycles. The van der Waals surface area contributed by atoms with Crippen molar-refractivity contribution in [2.45, 2.75) is 6.61 Å². The molecule has 0 saturated carbocycles. The molecule has 0 fully saturated rings. The van der Waals surface area contributed by atoms with E-state index >= 15 is 0 Å². The maximum Gasteiger partial charge on any atom is 0.283 e. The van der Waals surface area contributed by atoms with Crippen LogP contribution in [0, 0.1) is 0 Å². The molecule has 3 rings (SSSR count). The third-order valence-corrected chi connectivity index (χ3v) is 2.87. The molecular formula is C15H12N2O2. The van der Waals surface area contributed by atoms with Crippen molar-refractivity contribution in [3.8, 4) is 0 Å². The lowest BCUT2D eigenvalue weighted by Gasteiger charge is -2.11. The maximum absolute atomic E-state index is 11.9. The molecule has 3 aromatic rings. The Labute approximate surface area is 109 Å². The Morgan fingerprint density at radius 3 is 2.63 bits per heavy atom. The molecule has 0 aliphatic carbocycles. The van der Waals surface area contributed by atoms with E-state index in [1.54, 1.807) is 18.5 Å². The van der Waals surface area contributed by atoms with Crippen LogP contribution in [0.2, 0.25) is 0 Å². The van der Waals surface area contributed by atoms with Crippen LogP contribution < -0.4 is 10.4 Å². The third kappa shape index (κ3) is 2.33. The van der Waals surface area contributed by atoms with Crippen molar-refractivity contribution < 1.29 is 4.84 Å². The number of aromatic nitrogens is 2. The Hall–Kier alpha value is -2.62. The molecule has 0 radical (unpaired) electrons. The SMILES string of the molecule is O=c1ccc2ccccc2n1OCc1ccncc1. The average Bonchev–Trinajstić information content (AvgIpc) is 2.47. The number of pyridine rings is 2. The molecule has 19 heavy (non-hydrogen) atoms. The molecule has 2 aromatic heterocycles. The number of rotatable bonds is 3. The first-order valence-corrected chi connectivity index (χ1v) is 5.97. The van der Waals surface area contributed by atoms with E-state index in [-0.39, 0.29) is 5.56 Å². The van der Waals surface area contributed by atoms with E-state index in [4.69, 9.17) is 4.84 Å². The van der Waals surface area contributed by atoms with Gasteiger partial charge in [0, 0.05) is 23.8 Å². The van der Waals surface area contributed by atoms with Gasteiger partial charge in [-0.25, -0.2) is 0 Å². The molecule has 4 heteroatoms. The molecular weight excluding hydrogens is 240 g/mol. The molecule has 0 spiro atoms. The number of benzene rings is 1. The van der Waals surface area contributed by atoms with E-state index < -0.39 is 0 Å². The highest BCUT2D eigenvalue weighted by Crippen LogP contribution is 2.10. The normalized spacial score (nSPS) is 10.5. The van der Waals surface area contributed by atoms with Gasteiger partial charge < -0.3 is 4.84 Å². The minimum Gasteiger partial charge on any atom is -0.405 e. The Balaban J connectivity index is 1.96. The molecule has 0 bridgehead atoms. The second kappa shape index (κ2) is 4.94. The number of hydrogen-bond donors (Lipinski definition) is 0. The zero-order chi connectivity index (χ0) is 13.1. The van der Waals surface area contributed by atoms with Gasteiger partial charge in [0.2, 0.25) is 0 Å². The predicted octanol–water partition coefficient (Wildman–Crippen LogP) is 2.03. The summed E-state index contributed by atoms with van der Waals surface area (Å²) in [6.45, 7) is 0.330. The van der Waals surface area contributed by atoms with E-state index in [2.05, 4.69) is 4.98 Å². The van der Waals surface area contributed by atoms with Crippen LogP contribution in [-0.4, -0.2) is 9.71 Å². The van der Waals surface area contributed by atoms with E-state index in [1.807, 2.05) is 36.4 Å². The standard InChI is InChI=1S/C15H12N2O2/c18-15-6-5-13-3-1-2-4-14(13)17(15)19-11-12-7-9-16-10-8-12/h1-10H,11H2. The minimum atomic E-state index is -0.173. The first kappa shape index (κ1) is 11.5. The van der Waals surface area contributed by atoms with Crippen LogP contribution in [0.5, 0.6) is 0 Å². The highest BCUT2D eigenvalue weighted by molar-refractivity contribution is 5.78. The smallest absolute Gasteiger partial charge is 0.283 e. The first-order chi connectivity index (χ1) is 9.34. The number of para-hydroxylation sites is 1. The maximum atomic E-state index is 11.9. The number of nitrogens with zero attached hydrogens (tertiary/aromatic N) is 2. The largest absolute Gasteiger partial charge is 0.405 e. The zero-order valence-electron chi connectivity index (χ0n) is 10.2. The Morgan fingerprint density at radius 2 is 1.79 bits per heavy atom. The summed E-state index contributed by atoms with van der Waals surface area (Å²) in [5, 5.41) is 0.969. The highest BCUT2D eigenvalue weighted by Gasteiger charge is 2.03. The summed E-state index contributed by atoms with van der Waals surface area (Å²) in [4.78, 5) is 21.4. The lowest BCUT2D eigenvalue weighted by atomic mass is 10.2. The van der Waals surface area contributed by atoms with Gasteiger partial charge in [0.15, 0.2) is 0 Å². The van der Waals surface area contributed by atoms with Crippen LogP contribution in [0.25, 0.3) is 10.9 Å². The van der Waals surface area contributed by atoms with Crippen LogP contribution in [0.4, 0.5) is 0 Å². The lowest BCUT2D eigenvalue weighted by Crippen LogP contribution is -2.26. The third-order valence-electron chi connectivity index (χ3n) is 2.87. The van der Waals surface area contributed by atoms with Gasteiger partial charge >= 0.3 is 0 Å². The van der Waals surface area contributed by atoms with E-state index in [9.17, 15) is 4.79 Å². The van der Waals surface area contributed by atoms with Crippen molar-refractivity contribution in [2.24, 2.45) is 0 Å². The van der Waals surface area contributed by atoms with E-state index in [0.717, 1.165) is 16.5 Å². The Kier molecular flexibility index (Phi) is 2.98.